The molecule has 2 amide bonds. The van der Waals surface area contributed by atoms with Gasteiger partial charge < -0.3 is 16.8 Å². The molecular formula is C8H13N3O2. The minimum absolute atomic E-state index is 0.0515. The highest BCUT2D eigenvalue weighted by Gasteiger charge is 2.22. The van der Waals surface area contributed by atoms with Crippen LogP contribution in [0.15, 0.2) is 12.2 Å². The Kier molecular flexibility index (Phi) is 3.02. The smallest absolute Gasteiger partial charge is 0.236 e. The van der Waals surface area contributed by atoms with Crippen LogP contribution in [0.1, 0.15) is 6.42 Å². The molecule has 2 unspecified atom stereocenters. The van der Waals surface area contributed by atoms with Gasteiger partial charge in [0, 0.05) is 6.04 Å². The van der Waals surface area contributed by atoms with Gasteiger partial charge in [-0.1, -0.05) is 12.2 Å². The fourth-order valence-corrected chi connectivity index (χ4v) is 1.23. The minimum Gasteiger partial charge on any atom is -0.368 e. The van der Waals surface area contributed by atoms with Crippen LogP contribution in [-0.2, 0) is 9.59 Å². The summed E-state index contributed by atoms with van der Waals surface area (Å²) in [6.07, 6.45) is 4.14. The molecule has 13 heavy (non-hydrogen) atoms. The number of primary amides is 1. The Morgan fingerprint density at radius 3 is 2.62 bits per heavy atom. The third-order valence-corrected chi connectivity index (χ3v) is 1.89. The second-order valence-electron chi connectivity index (χ2n) is 3.08. The lowest BCUT2D eigenvalue weighted by Gasteiger charge is -2.08. The highest BCUT2D eigenvalue weighted by atomic mass is 16.2. The lowest BCUT2D eigenvalue weighted by molar-refractivity contribution is -0.126. The molecule has 5 N–H and O–H groups in total. The van der Waals surface area contributed by atoms with Gasteiger partial charge in [0.1, 0.15) is 0 Å². The Bertz CT molecular complexity index is 250. The van der Waals surface area contributed by atoms with Gasteiger partial charge in [0.2, 0.25) is 11.8 Å². The van der Waals surface area contributed by atoms with E-state index in [1.807, 2.05) is 0 Å². The first-order valence-corrected chi connectivity index (χ1v) is 4.09. The number of nitrogens with two attached hydrogens (primary N) is 2. The van der Waals surface area contributed by atoms with Gasteiger partial charge in [-0.25, -0.2) is 0 Å². The first-order chi connectivity index (χ1) is 6.09. The van der Waals surface area contributed by atoms with Gasteiger partial charge >= 0.3 is 0 Å². The number of nitrogens with one attached hydrogen (secondary N) is 1. The van der Waals surface area contributed by atoms with Gasteiger partial charge in [-0.3, -0.25) is 9.59 Å². The topological polar surface area (TPSA) is 98.2 Å². The molecule has 0 aliphatic heterocycles. The van der Waals surface area contributed by atoms with Gasteiger partial charge in [-0.2, -0.15) is 0 Å². The van der Waals surface area contributed by atoms with Gasteiger partial charge in [0.15, 0.2) is 0 Å². The lowest BCUT2D eigenvalue weighted by atomic mass is 10.1. The summed E-state index contributed by atoms with van der Waals surface area (Å²) in [6, 6.07) is -0.0515. The fourth-order valence-electron chi connectivity index (χ4n) is 1.23. The second-order valence-corrected chi connectivity index (χ2v) is 3.08. The average Bonchev–Trinajstić information content (AvgIpc) is 2.47. The molecule has 0 spiro atoms. The van der Waals surface area contributed by atoms with E-state index >= 15 is 0 Å². The number of hydrogen-bond donors (Lipinski definition) is 3. The van der Waals surface area contributed by atoms with Crippen molar-refractivity contribution in [2.75, 3.05) is 6.54 Å². The molecule has 0 bridgehead atoms. The molecule has 72 valence electrons. The van der Waals surface area contributed by atoms with E-state index < -0.39 is 5.91 Å². The normalized spacial score (nSPS) is 25.9. The number of hydrogen-bond acceptors (Lipinski definition) is 3. The van der Waals surface area contributed by atoms with E-state index in [0.717, 1.165) is 0 Å². The minimum atomic E-state index is -0.542. The Hall–Kier alpha value is -1.36. The van der Waals surface area contributed by atoms with E-state index in [1.165, 1.54) is 0 Å². The quantitative estimate of drug-likeness (QED) is 0.464. The van der Waals surface area contributed by atoms with E-state index in [2.05, 4.69) is 5.32 Å². The second kappa shape index (κ2) is 4.04. The molecule has 2 atom stereocenters. The van der Waals surface area contributed by atoms with Crippen molar-refractivity contribution in [3.63, 3.8) is 0 Å². The summed E-state index contributed by atoms with van der Waals surface area (Å²) < 4.78 is 0. The van der Waals surface area contributed by atoms with Crippen LogP contribution in [0.2, 0.25) is 0 Å². The monoisotopic (exact) mass is 183 g/mol. The summed E-state index contributed by atoms with van der Waals surface area (Å²) in [5, 5.41) is 2.42. The zero-order valence-electron chi connectivity index (χ0n) is 7.19. The highest BCUT2D eigenvalue weighted by molar-refractivity contribution is 5.86. The number of rotatable bonds is 3. The number of amides is 2. The molecule has 0 radical (unpaired) electrons. The van der Waals surface area contributed by atoms with Crippen molar-refractivity contribution in [1.29, 1.82) is 0 Å². The predicted octanol–water partition coefficient (Wildman–Crippen LogP) is -1.51. The Labute approximate surface area is 76.2 Å². The summed E-state index contributed by atoms with van der Waals surface area (Å²) in [5.41, 5.74) is 10.4. The van der Waals surface area contributed by atoms with Gasteiger partial charge in [-0.15, -0.1) is 0 Å². The summed E-state index contributed by atoms with van der Waals surface area (Å²) in [4.78, 5) is 21.6. The molecule has 0 heterocycles. The summed E-state index contributed by atoms with van der Waals surface area (Å²) in [5.74, 6) is -0.947. The van der Waals surface area contributed by atoms with Crippen molar-refractivity contribution < 1.29 is 9.59 Å². The first kappa shape index (κ1) is 9.73. The van der Waals surface area contributed by atoms with Gasteiger partial charge in [-0.05, 0) is 6.42 Å². The third kappa shape index (κ3) is 2.87. The van der Waals surface area contributed by atoms with Crippen molar-refractivity contribution in [1.82, 2.24) is 5.32 Å². The van der Waals surface area contributed by atoms with Crippen LogP contribution < -0.4 is 16.8 Å². The maximum absolute atomic E-state index is 11.3. The van der Waals surface area contributed by atoms with E-state index in [1.54, 1.807) is 12.2 Å². The van der Waals surface area contributed by atoms with E-state index in [9.17, 15) is 9.59 Å². The van der Waals surface area contributed by atoms with Crippen LogP contribution >= 0.6 is 0 Å². The van der Waals surface area contributed by atoms with Crippen molar-refractivity contribution in [3.8, 4) is 0 Å². The average molecular weight is 183 g/mol. The maximum Gasteiger partial charge on any atom is 0.236 e. The fraction of sp³-hybridized carbons (Fsp3) is 0.500. The van der Waals surface area contributed by atoms with Crippen LogP contribution in [0.4, 0.5) is 0 Å². The number of carbonyl (C=O) groups excluding carboxylic acids is 2. The largest absolute Gasteiger partial charge is 0.368 e. The Balaban J connectivity index is 2.33. The third-order valence-electron chi connectivity index (χ3n) is 1.89. The molecular weight excluding hydrogens is 170 g/mol. The van der Waals surface area contributed by atoms with Gasteiger partial charge in [0.05, 0.1) is 12.5 Å². The molecule has 5 nitrogen and oxygen atoms in total. The molecule has 0 aromatic rings. The van der Waals surface area contributed by atoms with E-state index in [4.69, 9.17) is 11.5 Å². The summed E-state index contributed by atoms with van der Waals surface area (Å²) >= 11 is 0. The van der Waals surface area contributed by atoms with E-state index in [0.29, 0.717) is 6.42 Å². The molecule has 1 aliphatic carbocycles. The Morgan fingerprint density at radius 1 is 1.46 bits per heavy atom. The molecule has 0 aromatic heterocycles. The van der Waals surface area contributed by atoms with Crippen LogP contribution in [0, 0.1) is 5.92 Å². The van der Waals surface area contributed by atoms with Crippen LogP contribution in [-0.4, -0.2) is 24.4 Å². The zero-order chi connectivity index (χ0) is 9.84. The summed E-state index contributed by atoms with van der Waals surface area (Å²) in [7, 11) is 0. The molecule has 0 aromatic carbocycles. The molecule has 5 heteroatoms. The van der Waals surface area contributed by atoms with Crippen LogP contribution in [0.5, 0.6) is 0 Å². The predicted molar refractivity (Wildman–Crippen MR) is 47.4 cm³/mol. The zero-order valence-corrected chi connectivity index (χ0v) is 7.19. The van der Waals surface area contributed by atoms with Gasteiger partial charge in [0.25, 0.3) is 0 Å². The SMILES string of the molecule is NC(=O)CNC(=O)C1C=CC(N)C1. The lowest BCUT2D eigenvalue weighted by Crippen LogP contribution is -2.37. The summed E-state index contributed by atoms with van der Waals surface area (Å²) in [6.45, 7) is -0.113. The first-order valence-electron chi connectivity index (χ1n) is 4.09. The molecule has 0 saturated heterocycles. The van der Waals surface area contributed by atoms with Crippen molar-refractivity contribution in [2.45, 2.75) is 12.5 Å². The standard InChI is InChI=1S/C8H13N3O2/c9-6-2-1-5(3-6)8(13)11-4-7(10)12/h1-2,5-6H,3-4,9H2,(H2,10,12)(H,11,13). The maximum atomic E-state index is 11.3. The highest BCUT2D eigenvalue weighted by Crippen LogP contribution is 2.15. The van der Waals surface area contributed by atoms with Crippen molar-refractivity contribution >= 4 is 11.8 Å². The van der Waals surface area contributed by atoms with Crippen LogP contribution in [0.3, 0.4) is 0 Å². The molecule has 1 rings (SSSR count). The van der Waals surface area contributed by atoms with Crippen molar-refractivity contribution in [2.24, 2.45) is 17.4 Å². The molecule has 1 aliphatic rings. The molecule has 0 saturated carbocycles. The molecule has 0 fully saturated rings. The van der Waals surface area contributed by atoms with E-state index in [-0.39, 0.29) is 24.4 Å². The van der Waals surface area contributed by atoms with Crippen LogP contribution in [0.25, 0.3) is 0 Å². The van der Waals surface area contributed by atoms with Crippen molar-refractivity contribution in [3.05, 3.63) is 12.2 Å². The Morgan fingerprint density at radius 2 is 2.15 bits per heavy atom. The number of carbonyl (C=O) groups is 2.